The van der Waals surface area contributed by atoms with Crippen molar-refractivity contribution in [2.75, 3.05) is 25.0 Å². The van der Waals surface area contributed by atoms with Gasteiger partial charge in [0.25, 0.3) is 0 Å². The van der Waals surface area contributed by atoms with Gasteiger partial charge in [0.15, 0.2) is 0 Å². The smallest absolute Gasteiger partial charge is 0.224 e. The van der Waals surface area contributed by atoms with Gasteiger partial charge in [-0.15, -0.1) is 0 Å². The number of nitrogens with one attached hydrogen (secondary N) is 1. The summed E-state index contributed by atoms with van der Waals surface area (Å²) < 4.78 is 0. The second kappa shape index (κ2) is 6.81. The van der Waals surface area contributed by atoms with Crippen LogP contribution in [0, 0.1) is 11.3 Å². The zero-order chi connectivity index (χ0) is 12.7. The van der Waals surface area contributed by atoms with E-state index in [1.165, 1.54) is 0 Å². The van der Waals surface area contributed by atoms with Crippen molar-refractivity contribution in [2.24, 2.45) is 0 Å². The normalized spacial score (nSPS) is 12.2. The summed E-state index contributed by atoms with van der Waals surface area (Å²) >= 11 is 0. The van der Waals surface area contributed by atoms with Gasteiger partial charge >= 0.3 is 0 Å². The van der Waals surface area contributed by atoms with Crippen LogP contribution < -0.4 is 5.32 Å². The molecule has 1 atom stereocenters. The van der Waals surface area contributed by atoms with Crippen LogP contribution in [0.5, 0.6) is 0 Å². The summed E-state index contributed by atoms with van der Waals surface area (Å²) in [5.74, 6) is 0.517. The highest BCUT2D eigenvalue weighted by molar-refractivity contribution is 5.30. The molecule has 1 N–H and O–H groups in total. The molecule has 0 bridgehead atoms. The van der Waals surface area contributed by atoms with Gasteiger partial charge in [0, 0.05) is 18.8 Å². The predicted octanol–water partition coefficient (Wildman–Crippen LogP) is 1.49. The van der Waals surface area contributed by atoms with E-state index in [2.05, 4.69) is 41.0 Å². The Morgan fingerprint density at radius 2 is 2.18 bits per heavy atom. The maximum Gasteiger partial charge on any atom is 0.224 e. The van der Waals surface area contributed by atoms with Gasteiger partial charge in [-0.1, -0.05) is 13.8 Å². The SMILES string of the molecule is CCN(CC)CC(C)Nc1nccc(C#N)n1. The first-order valence-electron chi connectivity index (χ1n) is 5.91. The molecule has 0 aromatic carbocycles. The van der Waals surface area contributed by atoms with E-state index in [4.69, 9.17) is 5.26 Å². The Morgan fingerprint density at radius 3 is 2.76 bits per heavy atom. The van der Waals surface area contributed by atoms with E-state index in [0.29, 0.717) is 11.6 Å². The van der Waals surface area contributed by atoms with Crippen molar-refractivity contribution in [1.29, 1.82) is 5.26 Å². The van der Waals surface area contributed by atoms with E-state index in [9.17, 15) is 0 Å². The van der Waals surface area contributed by atoms with Gasteiger partial charge in [0.05, 0.1) is 0 Å². The number of rotatable bonds is 6. The minimum Gasteiger partial charge on any atom is -0.350 e. The van der Waals surface area contributed by atoms with Crippen LogP contribution in [-0.4, -0.2) is 40.5 Å². The molecule has 92 valence electrons. The topological polar surface area (TPSA) is 64.8 Å². The zero-order valence-electron chi connectivity index (χ0n) is 10.6. The highest BCUT2D eigenvalue weighted by Gasteiger charge is 2.08. The predicted molar refractivity (Wildman–Crippen MR) is 67.6 cm³/mol. The van der Waals surface area contributed by atoms with Gasteiger partial charge in [0.1, 0.15) is 11.8 Å². The molecule has 0 saturated heterocycles. The van der Waals surface area contributed by atoms with E-state index >= 15 is 0 Å². The number of anilines is 1. The molecule has 1 aromatic rings. The molecule has 5 heteroatoms. The Bertz CT molecular complexity index is 381. The Labute approximate surface area is 102 Å². The lowest BCUT2D eigenvalue weighted by Crippen LogP contribution is -2.35. The van der Waals surface area contributed by atoms with Gasteiger partial charge < -0.3 is 10.2 Å². The third-order valence-electron chi connectivity index (χ3n) is 2.57. The maximum absolute atomic E-state index is 8.74. The molecule has 17 heavy (non-hydrogen) atoms. The molecule has 0 aliphatic rings. The molecule has 1 heterocycles. The van der Waals surface area contributed by atoms with Crippen LogP contribution in [0.1, 0.15) is 26.5 Å². The molecule has 0 amide bonds. The standard InChI is InChI=1S/C12H19N5/c1-4-17(5-2)9-10(3)15-12-14-7-6-11(8-13)16-12/h6-7,10H,4-5,9H2,1-3H3,(H,14,15,16). The number of nitriles is 1. The Hall–Kier alpha value is -1.67. The average Bonchev–Trinajstić information content (AvgIpc) is 2.36. The number of nitrogens with zero attached hydrogens (tertiary/aromatic N) is 4. The quantitative estimate of drug-likeness (QED) is 0.806. The number of hydrogen-bond donors (Lipinski definition) is 1. The van der Waals surface area contributed by atoms with Gasteiger partial charge in [-0.3, -0.25) is 0 Å². The third-order valence-corrected chi connectivity index (χ3v) is 2.57. The average molecular weight is 233 g/mol. The lowest BCUT2D eigenvalue weighted by atomic mass is 10.3. The second-order valence-electron chi connectivity index (χ2n) is 3.91. The van der Waals surface area contributed by atoms with Gasteiger partial charge in [-0.25, -0.2) is 9.97 Å². The van der Waals surface area contributed by atoms with Crippen molar-refractivity contribution in [3.8, 4) is 6.07 Å². The molecule has 5 nitrogen and oxygen atoms in total. The largest absolute Gasteiger partial charge is 0.350 e. The van der Waals surface area contributed by atoms with Crippen LogP contribution in [0.25, 0.3) is 0 Å². The fourth-order valence-corrected chi connectivity index (χ4v) is 1.63. The third kappa shape index (κ3) is 4.37. The first kappa shape index (κ1) is 13.4. The summed E-state index contributed by atoms with van der Waals surface area (Å²) in [5, 5.41) is 11.9. The zero-order valence-corrected chi connectivity index (χ0v) is 10.6. The van der Waals surface area contributed by atoms with Crippen molar-refractivity contribution in [2.45, 2.75) is 26.8 Å². The Kier molecular flexibility index (Phi) is 5.37. The first-order chi connectivity index (χ1) is 8.19. The van der Waals surface area contributed by atoms with E-state index in [1.54, 1.807) is 12.3 Å². The van der Waals surface area contributed by atoms with E-state index in [1.807, 2.05) is 6.07 Å². The first-order valence-corrected chi connectivity index (χ1v) is 5.91. The minimum atomic E-state index is 0.254. The summed E-state index contributed by atoms with van der Waals surface area (Å²) in [6.07, 6.45) is 1.60. The molecule has 0 spiro atoms. The molecule has 0 radical (unpaired) electrons. The fourth-order valence-electron chi connectivity index (χ4n) is 1.63. The summed E-state index contributed by atoms with van der Waals surface area (Å²) in [7, 11) is 0. The summed E-state index contributed by atoms with van der Waals surface area (Å²) in [6, 6.07) is 3.85. The highest BCUT2D eigenvalue weighted by atomic mass is 15.2. The molecular formula is C12H19N5. The molecule has 0 fully saturated rings. The summed E-state index contributed by atoms with van der Waals surface area (Å²) in [5.41, 5.74) is 0.387. The van der Waals surface area contributed by atoms with Crippen LogP contribution in [0.15, 0.2) is 12.3 Å². The van der Waals surface area contributed by atoms with Crippen LogP contribution in [0.3, 0.4) is 0 Å². The number of hydrogen-bond acceptors (Lipinski definition) is 5. The second-order valence-corrected chi connectivity index (χ2v) is 3.91. The monoisotopic (exact) mass is 233 g/mol. The van der Waals surface area contributed by atoms with Crippen LogP contribution >= 0.6 is 0 Å². The van der Waals surface area contributed by atoms with E-state index < -0.39 is 0 Å². The summed E-state index contributed by atoms with van der Waals surface area (Å²) in [4.78, 5) is 10.5. The van der Waals surface area contributed by atoms with Crippen molar-refractivity contribution in [3.63, 3.8) is 0 Å². The molecule has 1 unspecified atom stereocenters. The highest BCUT2D eigenvalue weighted by Crippen LogP contribution is 2.02. The van der Waals surface area contributed by atoms with Gasteiger partial charge in [-0.05, 0) is 26.1 Å². The Morgan fingerprint density at radius 1 is 1.47 bits per heavy atom. The van der Waals surface area contributed by atoms with Crippen molar-refractivity contribution >= 4 is 5.95 Å². The lowest BCUT2D eigenvalue weighted by Gasteiger charge is -2.23. The Balaban J connectivity index is 2.55. The molecule has 1 aromatic heterocycles. The molecule has 1 rings (SSSR count). The van der Waals surface area contributed by atoms with E-state index in [0.717, 1.165) is 19.6 Å². The lowest BCUT2D eigenvalue weighted by molar-refractivity contribution is 0.294. The molecule has 0 aliphatic carbocycles. The fraction of sp³-hybridized carbons (Fsp3) is 0.583. The van der Waals surface area contributed by atoms with Crippen LogP contribution in [0.4, 0.5) is 5.95 Å². The summed E-state index contributed by atoms with van der Waals surface area (Å²) in [6.45, 7) is 9.36. The number of aromatic nitrogens is 2. The molecule has 0 aliphatic heterocycles. The molecule has 0 saturated carbocycles. The van der Waals surface area contributed by atoms with Crippen LogP contribution in [-0.2, 0) is 0 Å². The van der Waals surface area contributed by atoms with Crippen molar-refractivity contribution in [1.82, 2.24) is 14.9 Å². The van der Waals surface area contributed by atoms with Crippen molar-refractivity contribution in [3.05, 3.63) is 18.0 Å². The van der Waals surface area contributed by atoms with Gasteiger partial charge in [-0.2, -0.15) is 5.26 Å². The van der Waals surface area contributed by atoms with E-state index in [-0.39, 0.29) is 6.04 Å². The van der Waals surface area contributed by atoms with Crippen molar-refractivity contribution < 1.29 is 0 Å². The molecular weight excluding hydrogens is 214 g/mol. The van der Waals surface area contributed by atoms with Gasteiger partial charge in [0.2, 0.25) is 5.95 Å². The minimum absolute atomic E-state index is 0.254. The number of likely N-dealkylation sites (N-methyl/N-ethyl adjacent to an activating group) is 1. The maximum atomic E-state index is 8.74. The van der Waals surface area contributed by atoms with Crippen LogP contribution in [0.2, 0.25) is 0 Å².